The monoisotopic (exact) mass is 508 g/mol. The molecular formula is C31H44O4Si. The van der Waals surface area contributed by atoms with Gasteiger partial charge in [0.1, 0.15) is 5.60 Å². The van der Waals surface area contributed by atoms with E-state index >= 15 is 0 Å². The van der Waals surface area contributed by atoms with Gasteiger partial charge in [-0.2, -0.15) is 0 Å². The van der Waals surface area contributed by atoms with Crippen LogP contribution < -0.4 is 0 Å². The topological polar surface area (TPSA) is 66.8 Å². The molecule has 2 N–H and O–H groups in total. The Balaban J connectivity index is 1.73. The number of fused-ring (bicyclic) bond motifs is 1. The molecule has 0 spiro atoms. The Kier molecular flexibility index (Phi) is 9.37. The Labute approximate surface area is 218 Å². The van der Waals surface area contributed by atoms with Crippen molar-refractivity contribution in [1.82, 2.24) is 0 Å². The van der Waals surface area contributed by atoms with Crippen LogP contribution in [0.25, 0.3) is 0 Å². The first-order valence-electron chi connectivity index (χ1n) is 13.3. The van der Waals surface area contributed by atoms with Crippen LogP contribution in [-0.2, 0) is 27.7 Å². The van der Waals surface area contributed by atoms with Crippen LogP contribution in [0.3, 0.4) is 0 Å². The highest BCUT2D eigenvalue weighted by Gasteiger charge is 2.40. The van der Waals surface area contributed by atoms with E-state index in [4.69, 9.17) is 4.43 Å². The molecule has 3 unspecified atom stereocenters. The van der Waals surface area contributed by atoms with Crippen LogP contribution in [-0.4, -0.2) is 30.6 Å². The van der Waals surface area contributed by atoms with E-state index in [-0.39, 0.29) is 23.5 Å². The fourth-order valence-corrected chi connectivity index (χ4v) is 6.26. The molecule has 0 amide bonds. The fourth-order valence-electron chi connectivity index (χ4n) is 4.95. The minimum Gasteiger partial charge on any atom is -0.481 e. The molecule has 3 rings (SSSR count). The van der Waals surface area contributed by atoms with Gasteiger partial charge in [-0.25, -0.2) is 0 Å². The van der Waals surface area contributed by atoms with Crippen molar-refractivity contribution < 1.29 is 19.4 Å². The van der Waals surface area contributed by atoms with Crippen LogP contribution >= 0.6 is 0 Å². The summed E-state index contributed by atoms with van der Waals surface area (Å²) in [4.78, 5) is 11.6. The minimum atomic E-state index is -1.96. The first-order chi connectivity index (χ1) is 16.9. The summed E-state index contributed by atoms with van der Waals surface area (Å²) in [5.41, 5.74) is 1.81. The molecule has 0 fully saturated rings. The molecule has 0 saturated carbocycles. The zero-order valence-electron chi connectivity index (χ0n) is 22.7. The normalized spacial score (nSPS) is 21.3. The third-order valence-corrected chi connectivity index (χ3v) is 12.4. The lowest BCUT2D eigenvalue weighted by Gasteiger charge is -2.39. The highest BCUT2D eigenvalue weighted by molar-refractivity contribution is 6.74. The lowest BCUT2D eigenvalue weighted by Crippen LogP contribution is -2.43. The summed E-state index contributed by atoms with van der Waals surface area (Å²) in [5.74, 6) is -0.909. The van der Waals surface area contributed by atoms with Gasteiger partial charge >= 0.3 is 5.97 Å². The number of benzene rings is 2. The summed E-state index contributed by atoms with van der Waals surface area (Å²) >= 11 is 0. The SMILES string of the molecule is CC(C)(C)[Si](C)(C)OC(/C=C/C1Cc2ccccc2C(O)(CC(=O)O)C1)CCCCc1ccccc1. The summed E-state index contributed by atoms with van der Waals surface area (Å²) < 4.78 is 6.83. The molecule has 0 aliphatic heterocycles. The molecule has 36 heavy (non-hydrogen) atoms. The molecular weight excluding hydrogens is 464 g/mol. The Morgan fingerprint density at radius 2 is 1.78 bits per heavy atom. The van der Waals surface area contributed by atoms with Crippen molar-refractivity contribution in [3.05, 3.63) is 83.4 Å². The van der Waals surface area contributed by atoms with Crippen molar-refractivity contribution in [2.45, 2.75) is 95.6 Å². The van der Waals surface area contributed by atoms with Crippen LogP contribution in [0.4, 0.5) is 0 Å². The van der Waals surface area contributed by atoms with E-state index in [1.807, 2.05) is 24.3 Å². The predicted octanol–water partition coefficient (Wildman–Crippen LogP) is 7.27. The molecule has 0 aromatic heterocycles. The van der Waals surface area contributed by atoms with Gasteiger partial charge in [-0.05, 0) is 72.8 Å². The van der Waals surface area contributed by atoms with Gasteiger partial charge in [-0.15, -0.1) is 0 Å². The molecule has 1 aliphatic carbocycles. The van der Waals surface area contributed by atoms with Gasteiger partial charge in [0.05, 0.1) is 12.5 Å². The number of unbranched alkanes of at least 4 members (excludes halogenated alkanes) is 1. The molecule has 0 heterocycles. The average molecular weight is 509 g/mol. The molecule has 0 saturated heterocycles. The Bertz CT molecular complexity index is 1020. The zero-order chi connectivity index (χ0) is 26.4. The quantitative estimate of drug-likeness (QED) is 0.190. The predicted molar refractivity (Wildman–Crippen MR) is 150 cm³/mol. The van der Waals surface area contributed by atoms with Crippen LogP contribution in [0.1, 0.15) is 69.6 Å². The third-order valence-electron chi connectivity index (χ3n) is 7.94. The molecule has 0 radical (unpaired) electrons. The number of allylic oxidation sites excluding steroid dienone is 1. The number of hydrogen-bond donors (Lipinski definition) is 2. The van der Waals surface area contributed by atoms with Gasteiger partial charge < -0.3 is 14.6 Å². The largest absolute Gasteiger partial charge is 0.481 e. The molecule has 2 aromatic rings. The van der Waals surface area contributed by atoms with Gasteiger partial charge in [0, 0.05) is 0 Å². The van der Waals surface area contributed by atoms with E-state index in [9.17, 15) is 15.0 Å². The van der Waals surface area contributed by atoms with Gasteiger partial charge in [0.25, 0.3) is 0 Å². The summed E-state index contributed by atoms with van der Waals surface area (Å²) in [6, 6.07) is 18.3. The number of aliphatic carboxylic acids is 1. The highest BCUT2D eigenvalue weighted by Crippen LogP contribution is 2.42. The Morgan fingerprint density at radius 1 is 1.11 bits per heavy atom. The summed E-state index contributed by atoms with van der Waals surface area (Å²) in [6.07, 6.45) is 9.55. The first kappa shape index (κ1) is 28.4. The lowest BCUT2D eigenvalue weighted by atomic mass is 9.72. The second-order valence-electron chi connectivity index (χ2n) is 12.0. The van der Waals surface area contributed by atoms with E-state index in [0.717, 1.165) is 43.2 Å². The maximum absolute atomic E-state index is 11.6. The summed E-state index contributed by atoms with van der Waals surface area (Å²) in [5, 5.41) is 21.0. The number of hydrogen-bond acceptors (Lipinski definition) is 3. The minimum absolute atomic E-state index is 0.0198. The van der Waals surface area contributed by atoms with Crippen molar-refractivity contribution >= 4 is 14.3 Å². The third kappa shape index (κ3) is 7.64. The van der Waals surface area contributed by atoms with E-state index in [2.05, 4.69) is 76.3 Å². The number of carbonyl (C=O) groups is 1. The van der Waals surface area contributed by atoms with E-state index in [1.54, 1.807) is 0 Å². The molecule has 1 aliphatic rings. The second kappa shape index (κ2) is 11.9. The molecule has 4 nitrogen and oxygen atoms in total. The van der Waals surface area contributed by atoms with Gasteiger partial charge in [0.15, 0.2) is 8.32 Å². The van der Waals surface area contributed by atoms with Crippen LogP contribution in [0.5, 0.6) is 0 Å². The van der Waals surface area contributed by atoms with E-state index in [1.165, 1.54) is 5.56 Å². The number of carboxylic acids is 1. The number of aliphatic hydroxyl groups is 1. The van der Waals surface area contributed by atoms with Crippen LogP contribution in [0, 0.1) is 5.92 Å². The second-order valence-corrected chi connectivity index (χ2v) is 16.7. The van der Waals surface area contributed by atoms with Crippen LogP contribution in [0.15, 0.2) is 66.7 Å². The molecule has 196 valence electrons. The molecule has 2 aromatic carbocycles. The molecule has 5 heteroatoms. The molecule has 0 bridgehead atoms. The van der Waals surface area contributed by atoms with Gasteiger partial charge in [-0.3, -0.25) is 4.79 Å². The fraction of sp³-hybridized carbons (Fsp3) is 0.516. The zero-order valence-corrected chi connectivity index (χ0v) is 23.7. The number of aryl methyl sites for hydroxylation is 1. The van der Waals surface area contributed by atoms with E-state index < -0.39 is 19.9 Å². The Morgan fingerprint density at radius 3 is 2.44 bits per heavy atom. The van der Waals surface area contributed by atoms with Crippen LogP contribution in [0.2, 0.25) is 18.1 Å². The number of carboxylic acid groups (broad SMARTS) is 1. The van der Waals surface area contributed by atoms with Crippen molar-refractivity contribution in [1.29, 1.82) is 0 Å². The lowest BCUT2D eigenvalue weighted by molar-refractivity contribution is -0.144. The maximum atomic E-state index is 11.6. The van der Waals surface area contributed by atoms with E-state index in [0.29, 0.717) is 6.42 Å². The van der Waals surface area contributed by atoms with Crippen molar-refractivity contribution in [3.8, 4) is 0 Å². The number of rotatable bonds is 11. The highest BCUT2D eigenvalue weighted by atomic mass is 28.4. The van der Waals surface area contributed by atoms with Gasteiger partial charge in [-0.1, -0.05) is 93.9 Å². The summed E-state index contributed by atoms with van der Waals surface area (Å²) in [6.45, 7) is 11.4. The maximum Gasteiger partial charge on any atom is 0.306 e. The average Bonchev–Trinajstić information content (AvgIpc) is 2.79. The van der Waals surface area contributed by atoms with Crippen molar-refractivity contribution in [3.63, 3.8) is 0 Å². The smallest absolute Gasteiger partial charge is 0.306 e. The van der Waals surface area contributed by atoms with Gasteiger partial charge in [0.2, 0.25) is 0 Å². The van der Waals surface area contributed by atoms with Crippen molar-refractivity contribution in [2.24, 2.45) is 5.92 Å². The standard InChI is InChI=1S/C31H44O4Si/c1-30(2,3)36(4,5)35-27(17-11-9-15-24-13-7-6-8-14-24)20-19-25-21-26-16-10-12-18-28(26)31(34,22-25)23-29(32)33/h6-8,10,12-14,16,18-20,25,27,34H,9,11,15,17,21-23H2,1-5H3,(H,32,33)/b20-19+. The summed E-state index contributed by atoms with van der Waals surface area (Å²) in [7, 11) is -1.96. The Hall–Kier alpha value is -2.21. The first-order valence-corrected chi connectivity index (χ1v) is 16.2. The van der Waals surface area contributed by atoms with Crippen molar-refractivity contribution in [2.75, 3.05) is 0 Å². The molecule has 3 atom stereocenters.